The molecule has 3 nitrogen and oxygen atoms in total. The molecule has 0 spiro atoms. The van der Waals surface area contributed by atoms with E-state index >= 15 is 0 Å². The Balaban J connectivity index is 1.92. The Bertz CT molecular complexity index is 313. The van der Waals surface area contributed by atoms with Crippen LogP contribution in [-0.4, -0.2) is 42.4 Å². The van der Waals surface area contributed by atoms with Crippen molar-refractivity contribution in [3.05, 3.63) is 21.9 Å². The van der Waals surface area contributed by atoms with E-state index in [-0.39, 0.29) is 12.7 Å². The summed E-state index contributed by atoms with van der Waals surface area (Å²) >= 11 is 1.81. The summed E-state index contributed by atoms with van der Waals surface area (Å²) in [4.78, 5) is 3.78. The second kappa shape index (κ2) is 5.07. The van der Waals surface area contributed by atoms with Gasteiger partial charge in [0.25, 0.3) is 0 Å². The van der Waals surface area contributed by atoms with Gasteiger partial charge in [0.15, 0.2) is 0 Å². The first-order chi connectivity index (χ1) is 7.29. The number of aliphatic hydroxyl groups excluding tert-OH is 1. The summed E-state index contributed by atoms with van der Waals surface area (Å²) < 4.78 is 5.42. The molecule has 1 saturated heterocycles. The molecule has 4 heteroatoms. The van der Waals surface area contributed by atoms with E-state index in [1.807, 2.05) is 11.3 Å². The van der Waals surface area contributed by atoms with E-state index in [0.717, 1.165) is 26.2 Å². The van der Waals surface area contributed by atoms with Crippen LogP contribution in [-0.2, 0) is 11.3 Å². The number of rotatable bonds is 3. The molecule has 2 rings (SSSR count). The van der Waals surface area contributed by atoms with E-state index in [0.29, 0.717) is 0 Å². The van der Waals surface area contributed by atoms with Crippen LogP contribution in [0.2, 0.25) is 0 Å². The molecule has 0 bridgehead atoms. The lowest BCUT2D eigenvalue weighted by Gasteiger charge is -2.31. The van der Waals surface area contributed by atoms with Gasteiger partial charge in [-0.1, -0.05) is 0 Å². The number of nitrogens with zero attached hydrogens (tertiary/aromatic N) is 1. The summed E-state index contributed by atoms with van der Waals surface area (Å²) in [6.07, 6.45) is -0.000909. The van der Waals surface area contributed by atoms with Gasteiger partial charge in [0, 0.05) is 24.5 Å². The summed E-state index contributed by atoms with van der Waals surface area (Å²) in [5.41, 5.74) is 1.37. The van der Waals surface area contributed by atoms with Crippen molar-refractivity contribution in [3.63, 3.8) is 0 Å². The topological polar surface area (TPSA) is 32.7 Å². The minimum atomic E-state index is -0.000909. The molecule has 1 N–H and O–H groups in total. The second-order valence-corrected chi connectivity index (χ2v) is 4.94. The number of hydrogen-bond donors (Lipinski definition) is 1. The van der Waals surface area contributed by atoms with Crippen molar-refractivity contribution in [2.45, 2.75) is 19.6 Å². The fourth-order valence-electron chi connectivity index (χ4n) is 1.80. The number of morpholine rings is 1. The van der Waals surface area contributed by atoms with Gasteiger partial charge in [-0.25, -0.2) is 0 Å². The zero-order valence-corrected chi connectivity index (χ0v) is 9.80. The SMILES string of the molecule is Cc1ccsc1CN1CCOC(CO)C1. The van der Waals surface area contributed by atoms with Gasteiger partial charge in [0.1, 0.15) is 0 Å². The van der Waals surface area contributed by atoms with Gasteiger partial charge in [-0.3, -0.25) is 4.90 Å². The summed E-state index contributed by atoms with van der Waals surface area (Å²) in [5, 5.41) is 11.2. The van der Waals surface area contributed by atoms with Crippen LogP contribution in [0.3, 0.4) is 0 Å². The van der Waals surface area contributed by atoms with Crippen molar-refractivity contribution < 1.29 is 9.84 Å². The molecule has 1 aromatic heterocycles. The molecule has 1 aliphatic rings. The van der Waals surface area contributed by atoms with Gasteiger partial charge < -0.3 is 9.84 Å². The van der Waals surface area contributed by atoms with Crippen molar-refractivity contribution in [2.24, 2.45) is 0 Å². The molecule has 84 valence electrons. The van der Waals surface area contributed by atoms with Gasteiger partial charge in [-0.05, 0) is 23.9 Å². The van der Waals surface area contributed by atoms with E-state index in [9.17, 15) is 0 Å². The molecular weight excluding hydrogens is 210 g/mol. The van der Waals surface area contributed by atoms with E-state index in [2.05, 4.69) is 23.3 Å². The first-order valence-electron chi connectivity index (χ1n) is 5.27. The number of aryl methyl sites for hydroxylation is 1. The molecule has 0 aromatic carbocycles. The van der Waals surface area contributed by atoms with Crippen LogP contribution in [0.15, 0.2) is 11.4 Å². The molecule has 0 saturated carbocycles. The monoisotopic (exact) mass is 227 g/mol. The third-order valence-corrected chi connectivity index (χ3v) is 3.77. The van der Waals surface area contributed by atoms with Gasteiger partial charge in [-0.2, -0.15) is 0 Å². The van der Waals surface area contributed by atoms with Crippen LogP contribution in [0.25, 0.3) is 0 Å². The van der Waals surface area contributed by atoms with Crippen molar-refractivity contribution in [2.75, 3.05) is 26.3 Å². The van der Waals surface area contributed by atoms with Crippen molar-refractivity contribution in [1.29, 1.82) is 0 Å². The zero-order valence-electron chi connectivity index (χ0n) is 8.98. The molecule has 0 aliphatic carbocycles. The van der Waals surface area contributed by atoms with Gasteiger partial charge >= 0.3 is 0 Å². The first kappa shape index (κ1) is 11.1. The summed E-state index contributed by atoms with van der Waals surface area (Å²) in [5.74, 6) is 0. The standard InChI is InChI=1S/C11H17NO2S/c1-9-2-5-15-11(9)7-12-3-4-14-10(6-12)8-13/h2,5,10,13H,3-4,6-8H2,1H3. The molecule has 1 unspecified atom stereocenters. The number of ether oxygens (including phenoxy) is 1. The Morgan fingerprint density at radius 2 is 2.53 bits per heavy atom. The highest BCUT2D eigenvalue weighted by molar-refractivity contribution is 7.10. The predicted octanol–water partition coefficient (Wildman–Crippen LogP) is 1.25. The first-order valence-corrected chi connectivity index (χ1v) is 6.15. The van der Waals surface area contributed by atoms with Crippen LogP contribution >= 0.6 is 11.3 Å². The molecule has 1 aliphatic heterocycles. The summed E-state index contributed by atoms with van der Waals surface area (Å²) in [7, 11) is 0. The second-order valence-electron chi connectivity index (χ2n) is 3.94. The minimum Gasteiger partial charge on any atom is -0.394 e. The average molecular weight is 227 g/mol. The quantitative estimate of drug-likeness (QED) is 0.843. The highest BCUT2D eigenvalue weighted by atomic mass is 32.1. The molecular formula is C11H17NO2S. The van der Waals surface area contributed by atoms with Crippen LogP contribution in [0, 0.1) is 6.92 Å². The molecule has 2 heterocycles. The van der Waals surface area contributed by atoms with E-state index in [1.54, 1.807) is 0 Å². The zero-order chi connectivity index (χ0) is 10.7. The number of hydrogen-bond acceptors (Lipinski definition) is 4. The molecule has 0 amide bonds. The highest BCUT2D eigenvalue weighted by Crippen LogP contribution is 2.19. The smallest absolute Gasteiger partial charge is 0.0933 e. The van der Waals surface area contributed by atoms with Crippen molar-refractivity contribution in [1.82, 2.24) is 4.90 Å². The number of aliphatic hydroxyl groups is 1. The summed E-state index contributed by atoms with van der Waals surface area (Å²) in [6.45, 7) is 5.80. The molecule has 15 heavy (non-hydrogen) atoms. The molecule has 0 radical (unpaired) electrons. The Hall–Kier alpha value is -0.420. The third-order valence-electron chi connectivity index (χ3n) is 2.76. The maximum atomic E-state index is 9.04. The van der Waals surface area contributed by atoms with Crippen LogP contribution in [0.5, 0.6) is 0 Å². The molecule has 1 atom stereocenters. The largest absolute Gasteiger partial charge is 0.394 e. The Kier molecular flexibility index (Phi) is 3.75. The van der Waals surface area contributed by atoms with Crippen LogP contribution < -0.4 is 0 Å². The fourth-order valence-corrected chi connectivity index (χ4v) is 2.75. The Morgan fingerprint density at radius 1 is 1.67 bits per heavy atom. The highest BCUT2D eigenvalue weighted by Gasteiger charge is 2.20. The number of thiophene rings is 1. The Morgan fingerprint density at radius 3 is 3.20 bits per heavy atom. The third kappa shape index (κ3) is 2.78. The molecule has 1 aromatic rings. The van der Waals surface area contributed by atoms with Crippen LogP contribution in [0.1, 0.15) is 10.4 Å². The lowest BCUT2D eigenvalue weighted by atomic mass is 10.2. The van der Waals surface area contributed by atoms with E-state index < -0.39 is 0 Å². The minimum absolute atomic E-state index is 0.000909. The maximum Gasteiger partial charge on any atom is 0.0933 e. The predicted molar refractivity (Wildman–Crippen MR) is 61.2 cm³/mol. The van der Waals surface area contributed by atoms with Crippen molar-refractivity contribution in [3.8, 4) is 0 Å². The van der Waals surface area contributed by atoms with Gasteiger partial charge in [0.05, 0.1) is 19.3 Å². The van der Waals surface area contributed by atoms with E-state index in [4.69, 9.17) is 9.84 Å². The Labute approximate surface area is 94.3 Å². The van der Waals surface area contributed by atoms with Crippen LogP contribution in [0.4, 0.5) is 0 Å². The lowest BCUT2D eigenvalue weighted by molar-refractivity contribution is -0.0548. The van der Waals surface area contributed by atoms with Crippen molar-refractivity contribution >= 4 is 11.3 Å². The molecule has 1 fully saturated rings. The summed E-state index contributed by atoms with van der Waals surface area (Å²) in [6, 6.07) is 2.16. The fraction of sp³-hybridized carbons (Fsp3) is 0.636. The van der Waals surface area contributed by atoms with E-state index in [1.165, 1.54) is 10.4 Å². The normalized spacial score (nSPS) is 23.2. The lowest BCUT2D eigenvalue weighted by Crippen LogP contribution is -2.43. The maximum absolute atomic E-state index is 9.04. The average Bonchev–Trinajstić information content (AvgIpc) is 2.65. The van der Waals surface area contributed by atoms with Gasteiger partial charge in [0.2, 0.25) is 0 Å². The van der Waals surface area contributed by atoms with Gasteiger partial charge in [-0.15, -0.1) is 11.3 Å².